The first kappa shape index (κ1) is 15.7. The molecule has 0 aliphatic heterocycles. The Morgan fingerprint density at radius 2 is 2.05 bits per heavy atom. The number of benzene rings is 1. The summed E-state index contributed by atoms with van der Waals surface area (Å²) in [5, 5.41) is 22.5. The summed E-state index contributed by atoms with van der Waals surface area (Å²) in [6.45, 7) is 2.98. The second kappa shape index (κ2) is 6.71. The molecule has 1 aromatic carbocycles. The monoisotopic (exact) mass is 289 g/mol. The molecule has 1 aromatic rings. The highest BCUT2D eigenvalue weighted by Gasteiger charge is 2.13. The minimum Gasteiger partial charge on any atom is -0.506 e. The third kappa shape index (κ3) is 4.67. The molecular formula is C11H19N3O4S. The smallest absolute Gasteiger partial charge is 0.298 e. The van der Waals surface area contributed by atoms with Gasteiger partial charge in [-0.25, -0.2) is 4.72 Å². The maximum absolute atomic E-state index is 11.4. The van der Waals surface area contributed by atoms with Crippen LogP contribution in [0.25, 0.3) is 0 Å². The normalized spacial score (nSPS) is 13.2. The van der Waals surface area contributed by atoms with Crippen LogP contribution in [-0.2, 0) is 10.2 Å². The van der Waals surface area contributed by atoms with Gasteiger partial charge in [0.05, 0.1) is 11.8 Å². The lowest BCUT2D eigenvalue weighted by molar-refractivity contribution is 0.175. The number of rotatable bonds is 7. The van der Waals surface area contributed by atoms with Gasteiger partial charge in [-0.1, -0.05) is 13.0 Å². The van der Waals surface area contributed by atoms with Gasteiger partial charge in [0.2, 0.25) is 0 Å². The second-order valence-corrected chi connectivity index (χ2v) is 5.53. The van der Waals surface area contributed by atoms with Gasteiger partial charge in [-0.3, -0.25) is 4.72 Å². The molecule has 0 aliphatic carbocycles. The Hall–Kier alpha value is -1.35. The predicted octanol–water partition coefficient (Wildman–Crippen LogP) is -0.0888. The molecule has 0 spiro atoms. The van der Waals surface area contributed by atoms with E-state index in [-0.39, 0.29) is 11.4 Å². The molecule has 0 heterocycles. The molecule has 0 aliphatic rings. The Bertz CT molecular complexity index is 519. The lowest BCUT2D eigenvalue weighted by atomic mass is 10.1. The van der Waals surface area contributed by atoms with Crippen LogP contribution in [-0.4, -0.2) is 38.8 Å². The molecule has 7 nitrogen and oxygen atoms in total. The Morgan fingerprint density at radius 3 is 2.63 bits per heavy atom. The molecule has 108 valence electrons. The van der Waals surface area contributed by atoms with Gasteiger partial charge in [-0.15, -0.1) is 0 Å². The number of hydrogen-bond donors (Lipinski definition) is 5. The molecule has 1 unspecified atom stereocenters. The van der Waals surface area contributed by atoms with Crippen molar-refractivity contribution >= 4 is 15.9 Å². The Balaban J connectivity index is 2.94. The number of anilines is 1. The molecule has 0 bridgehead atoms. The van der Waals surface area contributed by atoms with Gasteiger partial charge < -0.3 is 15.5 Å². The number of likely N-dealkylation sites (N-methyl/N-ethyl adjacent to an activating group) is 1. The van der Waals surface area contributed by atoms with Crippen molar-refractivity contribution in [3.63, 3.8) is 0 Å². The zero-order valence-electron chi connectivity index (χ0n) is 10.8. The lowest BCUT2D eigenvalue weighted by Crippen LogP contribution is -2.26. The number of phenolic OH excluding ortho intramolecular Hbond substituents is 1. The van der Waals surface area contributed by atoms with Gasteiger partial charge in [-0.2, -0.15) is 8.42 Å². The molecule has 19 heavy (non-hydrogen) atoms. The van der Waals surface area contributed by atoms with Gasteiger partial charge >= 0.3 is 0 Å². The highest BCUT2D eigenvalue weighted by molar-refractivity contribution is 7.90. The van der Waals surface area contributed by atoms with Crippen LogP contribution in [0.5, 0.6) is 5.75 Å². The van der Waals surface area contributed by atoms with Crippen LogP contribution in [0.2, 0.25) is 0 Å². The van der Waals surface area contributed by atoms with E-state index in [1.165, 1.54) is 25.2 Å². The maximum Gasteiger partial charge on any atom is 0.298 e. The predicted molar refractivity (Wildman–Crippen MR) is 73.2 cm³/mol. The van der Waals surface area contributed by atoms with Crippen LogP contribution in [0.15, 0.2) is 18.2 Å². The Kier molecular flexibility index (Phi) is 5.55. The van der Waals surface area contributed by atoms with Crippen molar-refractivity contribution in [2.45, 2.75) is 13.0 Å². The fourth-order valence-corrected chi connectivity index (χ4v) is 1.99. The standard InChI is InChI=1S/C11H19N3O4S/c1-3-13-7-11(16)8-4-5-10(15)9(6-8)14-19(17,18)12-2/h4-6,11-16H,3,7H2,1-2H3. The SMILES string of the molecule is CCNCC(O)c1ccc(O)c(NS(=O)(=O)NC)c1. The molecule has 0 radical (unpaired) electrons. The van der Waals surface area contributed by atoms with E-state index in [4.69, 9.17) is 0 Å². The second-order valence-electron chi connectivity index (χ2n) is 3.91. The van der Waals surface area contributed by atoms with Crippen molar-refractivity contribution < 1.29 is 18.6 Å². The minimum absolute atomic E-state index is 0.0161. The first-order valence-electron chi connectivity index (χ1n) is 5.82. The largest absolute Gasteiger partial charge is 0.506 e. The molecule has 1 atom stereocenters. The number of aromatic hydroxyl groups is 1. The molecule has 5 N–H and O–H groups in total. The van der Waals surface area contributed by atoms with Crippen molar-refractivity contribution in [3.05, 3.63) is 23.8 Å². The molecule has 1 rings (SSSR count). The van der Waals surface area contributed by atoms with Gasteiger partial charge in [0.15, 0.2) is 0 Å². The van der Waals surface area contributed by atoms with E-state index >= 15 is 0 Å². The van der Waals surface area contributed by atoms with E-state index < -0.39 is 16.3 Å². The molecule has 0 saturated heterocycles. The van der Waals surface area contributed by atoms with Gasteiger partial charge in [0.25, 0.3) is 10.2 Å². The molecule has 0 saturated carbocycles. The van der Waals surface area contributed by atoms with Crippen molar-refractivity contribution in [1.29, 1.82) is 0 Å². The van der Waals surface area contributed by atoms with E-state index in [9.17, 15) is 18.6 Å². The first-order chi connectivity index (χ1) is 8.89. The van der Waals surface area contributed by atoms with E-state index in [0.29, 0.717) is 18.7 Å². The van der Waals surface area contributed by atoms with E-state index in [0.717, 1.165) is 0 Å². The zero-order chi connectivity index (χ0) is 14.5. The van der Waals surface area contributed by atoms with Crippen LogP contribution >= 0.6 is 0 Å². The third-order valence-corrected chi connectivity index (χ3v) is 3.53. The summed E-state index contributed by atoms with van der Waals surface area (Å²) in [5.41, 5.74) is 0.523. The van der Waals surface area contributed by atoms with Crippen LogP contribution in [0, 0.1) is 0 Å². The lowest BCUT2D eigenvalue weighted by Gasteiger charge is -2.14. The van der Waals surface area contributed by atoms with E-state index in [2.05, 4.69) is 14.8 Å². The molecule has 0 aromatic heterocycles. The van der Waals surface area contributed by atoms with Crippen molar-refractivity contribution in [2.24, 2.45) is 0 Å². The highest BCUT2D eigenvalue weighted by Crippen LogP contribution is 2.27. The summed E-state index contributed by atoms with van der Waals surface area (Å²) >= 11 is 0. The molecule has 0 amide bonds. The number of phenols is 1. The summed E-state index contributed by atoms with van der Waals surface area (Å²) in [6.07, 6.45) is -0.779. The summed E-state index contributed by atoms with van der Waals surface area (Å²) in [4.78, 5) is 0. The minimum atomic E-state index is -3.71. The Labute approximate surface area is 112 Å². The topological polar surface area (TPSA) is 111 Å². The van der Waals surface area contributed by atoms with Crippen LogP contribution < -0.4 is 14.8 Å². The third-order valence-electron chi connectivity index (χ3n) is 2.51. The summed E-state index contributed by atoms with van der Waals surface area (Å²) < 4.78 is 27.0. The van der Waals surface area contributed by atoms with Crippen molar-refractivity contribution in [2.75, 3.05) is 24.9 Å². The molecule has 0 fully saturated rings. The molecule has 8 heteroatoms. The summed E-state index contributed by atoms with van der Waals surface area (Å²) in [5.74, 6) is -0.210. The number of nitrogens with one attached hydrogen (secondary N) is 3. The number of aliphatic hydroxyl groups is 1. The van der Waals surface area contributed by atoms with Gasteiger partial charge in [0.1, 0.15) is 5.75 Å². The van der Waals surface area contributed by atoms with Gasteiger partial charge in [0, 0.05) is 13.6 Å². The van der Waals surface area contributed by atoms with Gasteiger partial charge in [-0.05, 0) is 24.2 Å². The van der Waals surface area contributed by atoms with Crippen LogP contribution in [0.3, 0.4) is 0 Å². The van der Waals surface area contributed by atoms with Crippen molar-refractivity contribution in [1.82, 2.24) is 10.0 Å². The fourth-order valence-electron chi connectivity index (χ4n) is 1.44. The zero-order valence-corrected chi connectivity index (χ0v) is 11.7. The average molecular weight is 289 g/mol. The average Bonchev–Trinajstić information content (AvgIpc) is 2.38. The first-order valence-corrected chi connectivity index (χ1v) is 7.31. The number of aliphatic hydroxyl groups excluding tert-OH is 1. The van der Waals surface area contributed by atoms with E-state index in [1.807, 2.05) is 6.92 Å². The van der Waals surface area contributed by atoms with Crippen LogP contribution in [0.4, 0.5) is 5.69 Å². The molecular weight excluding hydrogens is 270 g/mol. The Morgan fingerprint density at radius 1 is 1.37 bits per heavy atom. The summed E-state index contributed by atoms with van der Waals surface area (Å²) in [6, 6.07) is 4.26. The summed E-state index contributed by atoms with van der Waals surface area (Å²) in [7, 11) is -2.46. The quantitative estimate of drug-likeness (QED) is 0.451. The number of hydrogen-bond acceptors (Lipinski definition) is 5. The van der Waals surface area contributed by atoms with Crippen molar-refractivity contribution in [3.8, 4) is 5.75 Å². The highest BCUT2D eigenvalue weighted by atomic mass is 32.2. The van der Waals surface area contributed by atoms with E-state index in [1.54, 1.807) is 0 Å². The fraction of sp³-hybridized carbons (Fsp3) is 0.455. The van der Waals surface area contributed by atoms with Crippen LogP contribution in [0.1, 0.15) is 18.6 Å². The maximum atomic E-state index is 11.4.